The van der Waals surface area contributed by atoms with Crippen LogP contribution in [0.15, 0.2) is 83.8 Å². The quantitative estimate of drug-likeness (QED) is 0.349. The summed E-state index contributed by atoms with van der Waals surface area (Å²) < 4.78 is 35.5. The van der Waals surface area contributed by atoms with E-state index in [0.717, 1.165) is 22.3 Å². The molecule has 1 N–H and O–H groups in total. The first kappa shape index (κ1) is 26.2. The van der Waals surface area contributed by atoms with Crippen molar-refractivity contribution in [3.05, 3.63) is 101 Å². The average Bonchev–Trinajstić information content (AvgIpc) is 3.25. The van der Waals surface area contributed by atoms with Crippen molar-refractivity contribution in [3.63, 3.8) is 0 Å². The van der Waals surface area contributed by atoms with Gasteiger partial charge in [0, 0.05) is 5.56 Å². The molecule has 0 aliphatic carbocycles. The maximum atomic E-state index is 13.3. The highest BCUT2D eigenvalue weighted by Crippen LogP contribution is 2.27. The van der Waals surface area contributed by atoms with Gasteiger partial charge in [-0.1, -0.05) is 48.5 Å². The zero-order valence-corrected chi connectivity index (χ0v) is 22.5. The summed E-state index contributed by atoms with van der Waals surface area (Å²) in [7, 11) is -4.06. The molecule has 1 amide bonds. The molecule has 0 aliphatic heterocycles. The number of sulfonamides is 1. The summed E-state index contributed by atoms with van der Waals surface area (Å²) in [4.78, 5) is 13.3. The smallest absolute Gasteiger partial charge is 0.283 e. The number of rotatable bonds is 7. The number of hydrogen-bond donors (Lipinski definition) is 1. The monoisotopic (exact) mass is 517 g/mol. The van der Waals surface area contributed by atoms with E-state index in [4.69, 9.17) is 9.84 Å². The topological polar surface area (TPSA) is 90.3 Å². The number of aromatic nitrogens is 2. The van der Waals surface area contributed by atoms with Crippen molar-refractivity contribution < 1.29 is 17.9 Å². The lowest BCUT2D eigenvalue weighted by Gasteiger charge is -2.21. The van der Waals surface area contributed by atoms with Crippen molar-refractivity contribution in [2.24, 2.45) is 0 Å². The van der Waals surface area contributed by atoms with Crippen LogP contribution in [0.4, 0.5) is 0 Å². The highest BCUT2D eigenvalue weighted by atomic mass is 32.2. The van der Waals surface area contributed by atoms with Gasteiger partial charge < -0.3 is 4.74 Å². The third-order valence-electron chi connectivity index (χ3n) is 5.80. The van der Waals surface area contributed by atoms with Crippen LogP contribution in [-0.2, 0) is 16.6 Å². The van der Waals surface area contributed by atoms with Crippen molar-refractivity contribution in [1.29, 1.82) is 0 Å². The molecule has 0 unspecified atom stereocenters. The molecule has 4 aromatic rings. The Morgan fingerprint density at radius 3 is 2.22 bits per heavy atom. The Balaban J connectivity index is 1.75. The third-order valence-corrected chi connectivity index (χ3v) is 7.15. The number of nitrogens with one attached hydrogen (secondary N) is 1. The van der Waals surface area contributed by atoms with Crippen molar-refractivity contribution in [1.82, 2.24) is 14.5 Å². The summed E-state index contributed by atoms with van der Waals surface area (Å²) >= 11 is 0. The highest BCUT2D eigenvalue weighted by molar-refractivity contribution is 7.90. The number of ether oxygens (including phenoxy) is 1. The summed E-state index contributed by atoms with van der Waals surface area (Å²) in [6.45, 7) is 10.2. The summed E-state index contributed by atoms with van der Waals surface area (Å²) in [6, 6.07) is 22.9. The van der Waals surface area contributed by atoms with E-state index in [-0.39, 0.29) is 16.2 Å². The molecule has 0 bridgehead atoms. The normalized spacial score (nSPS) is 11.8. The standard InChI is InChI=1S/C29H31N3O4S/c1-20-11-9-12-21(2)25(20)19-32-27(28(33)31-37(34,35)24-15-7-6-8-16-24)18-26(30-32)22-13-10-14-23(17-22)36-29(3,4)5/h6-18H,19H2,1-5H3,(H,31,33). The van der Waals surface area contributed by atoms with Gasteiger partial charge in [-0.05, 0) is 81.6 Å². The van der Waals surface area contributed by atoms with E-state index in [9.17, 15) is 13.2 Å². The molecule has 37 heavy (non-hydrogen) atoms. The van der Waals surface area contributed by atoms with E-state index in [1.54, 1.807) is 28.9 Å². The molecule has 7 nitrogen and oxygen atoms in total. The Labute approximate surface area is 218 Å². The summed E-state index contributed by atoms with van der Waals surface area (Å²) in [6.07, 6.45) is 0. The molecular formula is C29H31N3O4S. The van der Waals surface area contributed by atoms with Gasteiger partial charge in [0.15, 0.2) is 0 Å². The van der Waals surface area contributed by atoms with E-state index in [1.165, 1.54) is 12.1 Å². The molecule has 4 rings (SSSR count). The van der Waals surface area contributed by atoms with Gasteiger partial charge in [-0.15, -0.1) is 0 Å². The van der Waals surface area contributed by atoms with Gasteiger partial charge >= 0.3 is 0 Å². The van der Waals surface area contributed by atoms with Crippen molar-refractivity contribution in [2.75, 3.05) is 0 Å². The molecule has 192 valence electrons. The Kier molecular flexibility index (Phi) is 7.23. The zero-order valence-electron chi connectivity index (χ0n) is 21.6. The number of nitrogens with zero attached hydrogens (tertiary/aromatic N) is 2. The second kappa shape index (κ2) is 10.2. The third kappa shape index (κ3) is 6.27. The summed E-state index contributed by atoms with van der Waals surface area (Å²) in [5.41, 5.74) is 4.18. The molecule has 1 aromatic heterocycles. The first-order valence-corrected chi connectivity index (χ1v) is 13.5. The highest BCUT2D eigenvalue weighted by Gasteiger charge is 2.24. The molecular weight excluding hydrogens is 486 g/mol. The van der Waals surface area contributed by atoms with E-state index in [2.05, 4.69) is 4.72 Å². The van der Waals surface area contributed by atoms with Crippen LogP contribution in [0.25, 0.3) is 11.3 Å². The number of carbonyl (C=O) groups is 1. The lowest BCUT2D eigenvalue weighted by molar-refractivity contribution is 0.0971. The van der Waals surface area contributed by atoms with Crippen LogP contribution in [0.5, 0.6) is 5.75 Å². The maximum absolute atomic E-state index is 13.3. The van der Waals surface area contributed by atoms with Gasteiger partial charge in [-0.3, -0.25) is 9.48 Å². The van der Waals surface area contributed by atoms with E-state index in [1.807, 2.05) is 77.1 Å². The molecule has 0 saturated carbocycles. The fraction of sp³-hybridized carbons (Fsp3) is 0.241. The van der Waals surface area contributed by atoms with Gasteiger partial charge in [0.1, 0.15) is 17.0 Å². The van der Waals surface area contributed by atoms with Crippen molar-refractivity contribution in [3.8, 4) is 17.0 Å². The number of amides is 1. The lowest BCUT2D eigenvalue weighted by atomic mass is 10.0. The maximum Gasteiger partial charge on any atom is 0.283 e. The van der Waals surface area contributed by atoms with E-state index >= 15 is 0 Å². The minimum Gasteiger partial charge on any atom is -0.488 e. The second-order valence-electron chi connectivity index (χ2n) is 9.93. The van der Waals surface area contributed by atoms with Gasteiger partial charge in [-0.25, -0.2) is 13.1 Å². The van der Waals surface area contributed by atoms with Crippen LogP contribution in [0.1, 0.15) is 48.0 Å². The van der Waals surface area contributed by atoms with Gasteiger partial charge in [0.25, 0.3) is 15.9 Å². The molecule has 0 fully saturated rings. The van der Waals surface area contributed by atoms with Crippen LogP contribution in [0.3, 0.4) is 0 Å². The average molecular weight is 518 g/mol. The Hall–Kier alpha value is -3.91. The first-order chi connectivity index (χ1) is 17.4. The van der Waals surface area contributed by atoms with Crippen molar-refractivity contribution >= 4 is 15.9 Å². The fourth-order valence-electron chi connectivity index (χ4n) is 4.01. The van der Waals surface area contributed by atoms with Gasteiger partial charge in [0.05, 0.1) is 17.1 Å². The predicted molar refractivity (Wildman–Crippen MR) is 144 cm³/mol. The Morgan fingerprint density at radius 2 is 1.57 bits per heavy atom. The largest absolute Gasteiger partial charge is 0.488 e. The van der Waals surface area contributed by atoms with Gasteiger partial charge in [0.2, 0.25) is 0 Å². The number of benzene rings is 3. The second-order valence-corrected chi connectivity index (χ2v) is 11.6. The van der Waals surface area contributed by atoms with Crippen LogP contribution < -0.4 is 9.46 Å². The number of aryl methyl sites for hydroxylation is 2. The number of carbonyl (C=O) groups excluding carboxylic acids is 1. The van der Waals surface area contributed by atoms with Gasteiger partial charge in [-0.2, -0.15) is 5.10 Å². The van der Waals surface area contributed by atoms with Crippen LogP contribution in [0.2, 0.25) is 0 Å². The molecule has 0 saturated heterocycles. The minimum absolute atomic E-state index is 0.0106. The molecule has 8 heteroatoms. The predicted octanol–water partition coefficient (Wildman–Crippen LogP) is 5.51. The van der Waals surface area contributed by atoms with E-state index < -0.39 is 15.9 Å². The molecule has 0 spiro atoms. The summed E-state index contributed by atoms with van der Waals surface area (Å²) in [5.74, 6) is -0.0807. The Morgan fingerprint density at radius 1 is 0.919 bits per heavy atom. The van der Waals surface area contributed by atoms with E-state index in [0.29, 0.717) is 18.0 Å². The van der Waals surface area contributed by atoms with Crippen LogP contribution >= 0.6 is 0 Å². The molecule has 0 atom stereocenters. The summed E-state index contributed by atoms with van der Waals surface area (Å²) in [5, 5.41) is 4.72. The van der Waals surface area contributed by atoms with Crippen LogP contribution in [0, 0.1) is 13.8 Å². The van der Waals surface area contributed by atoms with Crippen molar-refractivity contribution in [2.45, 2.75) is 51.7 Å². The fourth-order valence-corrected chi connectivity index (χ4v) is 5.00. The molecule has 0 aliphatic rings. The SMILES string of the molecule is Cc1cccc(C)c1Cn1nc(-c2cccc(OC(C)(C)C)c2)cc1C(=O)NS(=O)(=O)c1ccccc1. The molecule has 0 radical (unpaired) electrons. The Bertz CT molecular complexity index is 1510. The molecule has 3 aromatic carbocycles. The minimum atomic E-state index is -4.06. The lowest BCUT2D eigenvalue weighted by Crippen LogP contribution is -2.32. The van der Waals surface area contributed by atoms with Crippen LogP contribution in [-0.4, -0.2) is 29.7 Å². The number of hydrogen-bond acceptors (Lipinski definition) is 5. The first-order valence-electron chi connectivity index (χ1n) is 12.0. The molecule has 1 heterocycles. The zero-order chi connectivity index (χ0) is 26.8.